The van der Waals surface area contributed by atoms with Gasteiger partial charge in [0.25, 0.3) is 0 Å². The van der Waals surface area contributed by atoms with Crippen molar-refractivity contribution in [3.63, 3.8) is 0 Å². The minimum atomic E-state index is -0.722. The first-order valence-corrected chi connectivity index (χ1v) is 6.34. The van der Waals surface area contributed by atoms with Crippen molar-refractivity contribution in [2.45, 2.75) is 25.2 Å². The highest BCUT2D eigenvalue weighted by molar-refractivity contribution is 5.74. The highest BCUT2D eigenvalue weighted by Gasteiger charge is 2.33. The monoisotopic (exact) mass is 261 g/mol. The van der Waals surface area contributed by atoms with Gasteiger partial charge >= 0.3 is 5.97 Å². The molecule has 19 heavy (non-hydrogen) atoms. The van der Waals surface area contributed by atoms with E-state index in [2.05, 4.69) is 4.98 Å². The number of hydrogen-bond acceptors (Lipinski definition) is 4. The van der Waals surface area contributed by atoms with Crippen LogP contribution >= 0.6 is 0 Å². The molecule has 0 amide bonds. The number of aliphatic carboxylic acids is 1. The first-order valence-electron chi connectivity index (χ1n) is 6.34. The molecule has 0 aliphatic heterocycles. The van der Waals surface area contributed by atoms with Gasteiger partial charge in [-0.05, 0) is 31.4 Å². The van der Waals surface area contributed by atoms with Gasteiger partial charge in [0.05, 0.1) is 13.0 Å². The summed E-state index contributed by atoms with van der Waals surface area (Å²) in [6, 6.07) is 5.48. The molecule has 2 atom stereocenters. The Labute approximate surface area is 110 Å². The van der Waals surface area contributed by atoms with E-state index in [0.29, 0.717) is 18.7 Å². The molecule has 3 rings (SSSR count). The number of methoxy groups -OCH3 is 1. The van der Waals surface area contributed by atoms with E-state index >= 15 is 0 Å². The highest BCUT2D eigenvalue weighted by atomic mass is 16.5. The van der Waals surface area contributed by atoms with Crippen molar-refractivity contribution in [2.75, 3.05) is 7.11 Å². The van der Waals surface area contributed by atoms with Crippen LogP contribution in [0.25, 0.3) is 11.1 Å². The Bertz CT molecular complexity index is 619. The lowest BCUT2D eigenvalue weighted by Gasteiger charge is -2.03. The summed E-state index contributed by atoms with van der Waals surface area (Å²) in [5.41, 5.74) is 1.47. The number of carboxylic acids is 1. The fourth-order valence-corrected chi connectivity index (χ4v) is 2.66. The molecule has 1 aromatic heterocycles. The van der Waals surface area contributed by atoms with Crippen molar-refractivity contribution in [1.82, 2.24) is 4.98 Å². The highest BCUT2D eigenvalue weighted by Crippen LogP contribution is 2.39. The molecule has 100 valence electrons. The summed E-state index contributed by atoms with van der Waals surface area (Å²) in [6.07, 6.45) is 2.13. The summed E-state index contributed by atoms with van der Waals surface area (Å²) < 4.78 is 10.9. The third kappa shape index (κ3) is 2.16. The Morgan fingerprint density at radius 2 is 2.32 bits per heavy atom. The lowest BCUT2D eigenvalue weighted by Crippen LogP contribution is -2.09. The number of aromatic nitrogens is 1. The Morgan fingerprint density at radius 1 is 1.47 bits per heavy atom. The smallest absolute Gasteiger partial charge is 0.306 e. The predicted molar refractivity (Wildman–Crippen MR) is 68.3 cm³/mol. The summed E-state index contributed by atoms with van der Waals surface area (Å²) in [6.45, 7) is 0. The number of hydrogen-bond donors (Lipinski definition) is 1. The lowest BCUT2D eigenvalue weighted by atomic mass is 10.1. The van der Waals surface area contributed by atoms with Gasteiger partial charge in [-0.2, -0.15) is 0 Å². The van der Waals surface area contributed by atoms with Crippen molar-refractivity contribution in [2.24, 2.45) is 5.92 Å². The molecule has 2 aromatic rings. The number of ether oxygens (including phenoxy) is 1. The van der Waals surface area contributed by atoms with Crippen molar-refractivity contribution in [1.29, 1.82) is 0 Å². The van der Waals surface area contributed by atoms with E-state index in [1.807, 2.05) is 18.2 Å². The van der Waals surface area contributed by atoms with E-state index in [0.717, 1.165) is 23.3 Å². The van der Waals surface area contributed by atoms with Gasteiger partial charge in [0.15, 0.2) is 11.5 Å². The van der Waals surface area contributed by atoms with Crippen LogP contribution in [0.1, 0.15) is 31.1 Å². The number of nitrogens with zero attached hydrogens (tertiary/aromatic N) is 1. The van der Waals surface area contributed by atoms with Crippen molar-refractivity contribution in [3.8, 4) is 5.75 Å². The molecule has 2 unspecified atom stereocenters. The van der Waals surface area contributed by atoms with Crippen molar-refractivity contribution >= 4 is 17.1 Å². The third-order valence-corrected chi connectivity index (χ3v) is 3.74. The fraction of sp³-hybridized carbons (Fsp3) is 0.429. The van der Waals surface area contributed by atoms with Crippen molar-refractivity contribution in [3.05, 3.63) is 24.1 Å². The van der Waals surface area contributed by atoms with Gasteiger partial charge in [-0.25, -0.2) is 4.98 Å². The minimum absolute atomic E-state index is 0.111. The lowest BCUT2D eigenvalue weighted by molar-refractivity contribution is -0.141. The van der Waals surface area contributed by atoms with Crippen LogP contribution in [0.3, 0.4) is 0 Å². The molecule has 1 aromatic carbocycles. The second-order valence-corrected chi connectivity index (χ2v) is 4.93. The van der Waals surface area contributed by atoms with Crippen LogP contribution < -0.4 is 4.74 Å². The Balaban J connectivity index is 1.88. The van der Waals surface area contributed by atoms with Crippen LogP contribution in [-0.2, 0) is 4.79 Å². The van der Waals surface area contributed by atoms with Gasteiger partial charge < -0.3 is 14.3 Å². The maximum Gasteiger partial charge on any atom is 0.306 e. The maximum absolute atomic E-state index is 11.0. The van der Waals surface area contributed by atoms with Gasteiger partial charge in [-0.3, -0.25) is 4.79 Å². The molecular weight excluding hydrogens is 246 g/mol. The first-order chi connectivity index (χ1) is 9.17. The summed E-state index contributed by atoms with van der Waals surface area (Å²) in [5.74, 6) is 0.503. The minimum Gasteiger partial charge on any atom is -0.497 e. The van der Waals surface area contributed by atoms with Gasteiger partial charge in [-0.15, -0.1) is 0 Å². The Kier molecular flexibility index (Phi) is 2.89. The summed E-state index contributed by atoms with van der Waals surface area (Å²) in [7, 11) is 1.61. The summed E-state index contributed by atoms with van der Waals surface area (Å²) in [4.78, 5) is 15.4. The molecule has 1 saturated carbocycles. The molecular formula is C14H15NO4. The molecule has 1 fully saturated rings. The molecule has 1 heterocycles. The summed E-state index contributed by atoms with van der Waals surface area (Å²) >= 11 is 0. The van der Waals surface area contributed by atoms with Gasteiger partial charge in [-0.1, -0.05) is 0 Å². The molecule has 0 spiro atoms. The molecule has 1 aliphatic rings. The van der Waals surface area contributed by atoms with Crippen LogP contribution in [0.4, 0.5) is 0 Å². The molecule has 1 aliphatic carbocycles. The number of rotatable bonds is 3. The number of carboxylic acid groups (broad SMARTS) is 1. The summed E-state index contributed by atoms with van der Waals surface area (Å²) in [5, 5.41) is 9.02. The van der Waals surface area contributed by atoms with Gasteiger partial charge in [0.2, 0.25) is 0 Å². The van der Waals surface area contributed by atoms with Gasteiger partial charge in [0.1, 0.15) is 11.3 Å². The number of oxazole rings is 1. The molecule has 1 N–H and O–H groups in total. The molecule has 5 nitrogen and oxygen atoms in total. The van der Waals surface area contributed by atoms with E-state index in [4.69, 9.17) is 14.3 Å². The van der Waals surface area contributed by atoms with E-state index in [1.165, 1.54) is 0 Å². The zero-order chi connectivity index (χ0) is 13.4. The average Bonchev–Trinajstić information content (AvgIpc) is 3.04. The first kappa shape index (κ1) is 12.0. The average molecular weight is 261 g/mol. The molecule has 0 saturated heterocycles. The van der Waals surface area contributed by atoms with Crippen LogP contribution in [0, 0.1) is 5.92 Å². The maximum atomic E-state index is 11.0. The Morgan fingerprint density at radius 3 is 3.00 bits per heavy atom. The van der Waals surface area contributed by atoms with Crippen LogP contribution in [0.5, 0.6) is 5.75 Å². The molecule has 0 bridgehead atoms. The zero-order valence-corrected chi connectivity index (χ0v) is 10.6. The second kappa shape index (κ2) is 4.57. The third-order valence-electron chi connectivity index (χ3n) is 3.74. The SMILES string of the molecule is COc1ccc2oc(C3CCC(C(=O)O)C3)nc2c1. The normalized spacial score (nSPS) is 22.8. The molecule has 5 heteroatoms. The Hall–Kier alpha value is -2.04. The van der Waals surface area contributed by atoms with E-state index in [-0.39, 0.29) is 11.8 Å². The van der Waals surface area contributed by atoms with E-state index in [1.54, 1.807) is 7.11 Å². The van der Waals surface area contributed by atoms with Crippen LogP contribution in [0.2, 0.25) is 0 Å². The molecule has 0 radical (unpaired) electrons. The topological polar surface area (TPSA) is 72.6 Å². The van der Waals surface area contributed by atoms with E-state index < -0.39 is 5.97 Å². The van der Waals surface area contributed by atoms with E-state index in [9.17, 15) is 4.79 Å². The quantitative estimate of drug-likeness (QED) is 0.919. The fourth-order valence-electron chi connectivity index (χ4n) is 2.66. The van der Waals surface area contributed by atoms with Crippen molar-refractivity contribution < 1.29 is 19.1 Å². The zero-order valence-electron chi connectivity index (χ0n) is 10.6. The number of fused-ring (bicyclic) bond motifs is 1. The standard InChI is InChI=1S/C14H15NO4/c1-18-10-4-5-12-11(7-10)15-13(19-12)8-2-3-9(6-8)14(16)17/h4-5,7-9H,2-3,6H2,1H3,(H,16,17). The van der Waals surface area contributed by atoms with Gasteiger partial charge in [0, 0.05) is 12.0 Å². The second-order valence-electron chi connectivity index (χ2n) is 4.93. The predicted octanol–water partition coefficient (Wildman–Crippen LogP) is 2.80. The van der Waals surface area contributed by atoms with Crippen LogP contribution in [-0.4, -0.2) is 23.2 Å². The number of benzene rings is 1. The van der Waals surface area contributed by atoms with Crippen LogP contribution in [0.15, 0.2) is 22.6 Å². The number of carbonyl (C=O) groups is 1. The largest absolute Gasteiger partial charge is 0.497 e.